The van der Waals surface area contributed by atoms with Crippen molar-refractivity contribution >= 4 is 0 Å². The van der Waals surface area contributed by atoms with Crippen LogP contribution in [0.4, 0.5) is 0 Å². The molecule has 0 amide bonds. The zero-order valence-electron chi connectivity index (χ0n) is 14.3. The SMILES string of the molecule is C=CCCCCCCCC(c1ccc(O)cc1)c1ccc(O)cc1. The van der Waals surface area contributed by atoms with Gasteiger partial charge in [-0.15, -0.1) is 6.58 Å². The summed E-state index contributed by atoms with van der Waals surface area (Å²) in [5, 5.41) is 19.0. The van der Waals surface area contributed by atoms with Gasteiger partial charge in [-0.3, -0.25) is 0 Å². The number of rotatable bonds is 10. The van der Waals surface area contributed by atoms with Crippen molar-refractivity contribution in [2.24, 2.45) is 0 Å². The van der Waals surface area contributed by atoms with Gasteiger partial charge in [-0.2, -0.15) is 0 Å². The molecule has 0 bridgehead atoms. The Hall–Kier alpha value is -2.22. The summed E-state index contributed by atoms with van der Waals surface area (Å²) >= 11 is 0. The molecule has 2 heteroatoms. The van der Waals surface area contributed by atoms with E-state index in [9.17, 15) is 10.2 Å². The topological polar surface area (TPSA) is 40.5 Å². The van der Waals surface area contributed by atoms with Crippen LogP contribution in [0.15, 0.2) is 61.2 Å². The minimum atomic E-state index is 0.297. The Morgan fingerprint density at radius 1 is 0.708 bits per heavy atom. The Labute approximate surface area is 145 Å². The quantitative estimate of drug-likeness (QED) is 0.406. The molecule has 24 heavy (non-hydrogen) atoms. The van der Waals surface area contributed by atoms with E-state index in [1.54, 1.807) is 24.3 Å². The second kappa shape index (κ2) is 9.82. The molecule has 0 saturated carbocycles. The first kappa shape index (κ1) is 18.1. The summed E-state index contributed by atoms with van der Waals surface area (Å²) in [5.74, 6) is 0.898. The third kappa shape index (κ3) is 5.77. The maximum Gasteiger partial charge on any atom is 0.115 e. The van der Waals surface area contributed by atoms with Crippen molar-refractivity contribution in [2.75, 3.05) is 0 Å². The number of phenols is 2. The summed E-state index contributed by atoms with van der Waals surface area (Å²) in [6, 6.07) is 15.0. The van der Waals surface area contributed by atoms with E-state index in [-0.39, 0.29) is 0 Å². The highest BCUT2D eigenvalue weighted by Crippen LogP contribution is 2.32. The normalized spacial score (nSPS) is 10.9. The Bertz CT molecular complexity index is 553. The minimum Gasteiger partial charge on any atom is -0.508 e. The summed E-state index contributed by atoms with van der Waals surface area (Å²) in [7, 11) is 0. The number of allylic oxidation sites excluding steroid dienone is 1. The third-order valence-corrected chi connectivity index (χ3v) is 4.49. The maximum absolute atomic E-state index is 9.52. The zero-order chi connectivity index (χ0) is 17.2. The molecule has 0 fully saturated rings. The summed E-state index contributed by atoms with van der Waals surface area (Å²) in [4.78, 5) is 0. The van der Waals surface area contributed by atoms with E-state index in [1.165, 1.54) is 43.2 Å². The second-order valence-electron chi connectivity index (χ2n) is 6.37. The van der Waals surface area contributed by atoms with Crippen LogP contribution in [0.5, 0.6) is 11.5 Å². The highest BCUT2D eigenvalue weighted by molar-refractivity contribution is 5.37. The monoisotopic (exact) mass is 324 g/mol. The van der Waals surface area contributed by atoms with Crippen molar-refractivity contribution in [3.8, 4) is 11.5 Å². The number of unbranched alkanes of at least 4 members (excludes halogenated alkanes) is 5. The number of hydrogen-bond donors (Lipinski definition) is 2. The summed E-state index contributed by atoms with van der Waals surface area (Å²) in [6.45, 7) is 3.76. The Morgan fingerprint density at radius 2 is 1.17 bits per heavy atom. The Balaban J connectivity index is 1.97. The van der Waals surface area contributed by atoms with Crippen LogP contribution in [-0.2, 0) is 0 Å². The minimum absolute atomic E-state index is 0.297. The van der Waals surface area contributed by atoms with Crippen molar-refractivity contribution < 1.29 is 10.2 Å². The first-order valence-corrected chi connectivity index (χ1v) is 8.89. The number of hydrogen-bond acceptors (Lipinski definition) is 2. The predicted octanol–water partition coefficient (Wildman–Crippen LogP) is 6.15. The summed E-state index contributed by atoms with van der Waals surface area (Å²) in [5.41, 5.74) is 2.43. The van der Waals surface area contributed by atoms with Crippen molar-refractivity contribution in [2.45, 2.75) is 50.9 Å². The van der Waals surface area contributed by atoms with Gasteiger partial charge in [-0.05, 0) is 54.7 Å². The summed E-state index contributed by atoms with van der Waals surface area (Å²) < 4.78 is 0. The molecule has 128 valence electrons. The molecule has 0 heterocycles. The van der Waals surface area contributed by atoms with Crippen LogP contribution in [-0.4, -0.2) is 10.2 Å². The van der Waals surface area contributed by atoms with E-state index < -0.39 is 0 Å². The van der Waals surface area contributed by atoms with Crippen LogP contribution < -0.4 is 0 Å². The zero-order valence-corrected chi connectivity index (χ0v) is 14.3. The van der Waals surface area contributed by atoms with Gasteiger partial charge >= 0.3 is 0 Å². The van der Waals surface area contributed by atoms with E-state index in [0.29, 0.717) is 17.4 Å². The molecule has 0 unspecified atom stereocenters. The average Bonchev–Trinajstić information content (AvgIpc) is 2.60. The molecule has 0 aliphatic rings. The van der Waals surface area contributed by atoms with Gasteiger partial charge in [-0.1, -0.05) is 56.0 Å². The molecule has 2 rings (SSSR count). The lowest BCUT2D eigenvalue weighted by atomic mass is 9.86. The second-order valence-corrected chi connectivity index (χ2v) is 6.37. The van der Waals surface area contributed by atoms with E-state index in [4.69, 9.17) is 0 Å². The van der Waals surface area contributed by atoms with Crippen LogP contribution in [0, 0.1) is 0 Å². The molecule has 0 spiro atoms. The van der Waals surface area contributed by atoms with E-state index >= 15 is 0 Å². The molecule has 0 aliphatic heterocycles. The lowest BCUT2D eigenvalue weighted by Crippen LogP contribution is -2.01. The average molecular weight is 324 g/mol. The largest absolute Gasteiger partial charge is 0.508 e. The fourth-order valence-corrected chi connectivity index (χ4v) is 3.11. The Kier molecular flexibility index (Phi) is 7.41. The molecule has 2 aromatic rings. The van der Waals surface area contributed by atoms with E-state index in [0.717, 1.165) is 12.8 Å². The van der Waals surface area contributed by atoms with Crippen molar-refractivity contribution in [3.63, 3.8) is 0 Å². The first-order chi connectivity index (χ1) is 11.7. The molecule has 2 nitrogen and oxygen atoms in total. The third-order valence-electron chi connectivity index (χ3n) is 4.49. The number of phenolic OH excluding ortho intramolecular Hbond substituents is 2. The van der Waals surface area contributed by atoms with Crippen LogP contribution >= 0.6 is 0 Å². The molecule has 2 N–H and O–H groups in total. The van der Waals surface area contributed by atoms with Gasteiger partial charge in [0, 0.05) is 5.92 Å². The maximum atomic E-state index is 9.52. The highest BCUT2D eigenvalue weighted by Gasteiger charge is 2.14. The molecule has 0 radical (unpaired) electrons. The van der Waals surface area contributed by atoms with Gasteiger partial charge in [0.15, 0.2) is 0 Å². The fraction of sp³-hybridized carbons (Fsp3) is 0.364. The lowest BCUT2D eigenvalue weighted by Gasteiger charge is -2.18. The summed E-state index contributed by atoms with van der Waals surface area (Å²) in [6.07, 6.45) is 10.4. The molecule has 0 atom stereocenters. The van der Waals surface area contributed by atoms with Gasteiger partial charge in [0.2, 0.25) is 0 Å². The van der Waals surface area contributed by atoms with Gasteiger partial charge in [-0.25, -0.2) is 0 Å². The van der Waals surface area contributed by atoms with Crippen molar-refractivity contribution in [1.29, 1.82) is 0 Å². The number of aromatic hydroxyl groups is 2. The molecule has 2 aromatic carbocycles. The van der Waals surface area contributed by atoms with Gasteiger partial charge in [0.05, 0.1) is 0 Å². The highest BCUT2D eigenvalue weighted by atomic mass is 16.3. The molecular formula is C22H28O2. The van der Waals surface area contributed by atoms with E-state index in [1.807, 2.05) is 30.3 Å². The van der Waals surface area contributed by atoms with Crippen LogP contribution in [0.1, 0.15) is 62.0 Å². The van der Waals surface area contributed by atoms with Crippen molar-refractivity contribution in [1.82, 2.24) is 0 Å². The van der Waals surface area contributed by atoms with Gasteiger partial charge in [0.25, 0.3) is 0 Å². The van der Waals surface area contributed by atoms with Gasteiger partial charge in [0.1, 0.15) is 11.5 Å². The van der Waals surface area contributed by atoms with Crippen LogP contribution in [0.3, 0.4) is 0 Å². The molecule has 0 aromatic heterocycles. The van der Waals surface area contributed by atoms with Crippen LogP contribution in [0.2, 0.25) is 0 Å². The number of benzene rings is 2. The first-order valence-electron chi connectivity index (χ1n) is 8.89. The standard InChI is InChI=1S/C22H28O2/c1-2-3-4-5-6-7-8-9-22(18-10-14-20(23)15-11-18)19-12-16-21(24)17-13-19/h2,10-17,22-24H,1,3-9H2. The Morgan fingerprint density at radius 3 is 1.67 bits per heavy atom. The smallest absolute Gasteiger partial charge is 0.115 e. The molecule has 0 aliphatic carbocycles. The molecule has 0 saturated heterocycles. The predicted molar refractivity (Wildman–Crippen MR) is 101 cm³/mol. The van der Waals surface area contributed by atoms with Crippen LogP contribution in [0.25, 0.3) is 0 Å². The van der Waals surface area contributed by atoms with Gasteiger partial charge < -0.3 is 10.2 Å². The molecular weight excluding hydrogens is 296 g/mol. The fourth-order valence-electron chi connectivity index (χ4n) is 3.11. The lowest BCUT2D eigenvalue weighted by molar-refractivity contribution is 0.474. The van der Waals surface area contributed by atoms with Crippen molar-refractivity contribution in [3.05, 3.63) is 72.3 Å². The van der Waals surface area contributed by atoms with E-state index in [2.05, 4.69) is 6.58 Å².